The maximum atomic E-state index is 14.3. The van der Waals surface area contributed by atoms with Crippen LogP contribution >= 0.6 is 11.8 Å². The molecular weight excluding hydrogens is 375 g/mol. The molecule has 2 atom stereocenters. The fourth-order valence-corrected chi connectivity index (χ4v) is 4.70. The van der Waals surface area contributed by atoms with E-state index in [1.807, 2.05) is 9.47 Å². The van der Waals surface area contributed by atoms with Gasteiger partial charge < -0.3 is 9.47 Å². The van der Waals surface area contributed by atoms with Crippen LogP contribution in [-0.2, 0) is 11.3 Å². The van der Waals surface area contributed by atoms with E-state index < -0.39 is 0 Å². The van der Waals surface area contributed by atoms with Gasteiger partial charge in [0.2, 0.25) is 5.91 Å². The Morgan fingerprint density at radius 1 is 1.21 bits per heavy atom. The maximum Gasteiger partial charge on any atom is 0.233 e. The van der Waals surface area contributed by atoms with E-state index in [-0.39, 0.29) is 23.8 Å². The molecule has 1 saturated heterocycles. The summed E-state index contributed by atoms with van der Waals surface area (Å²) in [4.78, 5) is 14.9. The third-order valence-corrected chi connectivity index (χ3v) is 6.14. The van der Waals surface area contributed by atoms with Crippen LogP contribution in [0.2, 0.25) is 0 Å². The van der Waals surface area contributed by atoms with Crippen LogP contribution in [0.1, 0.15) is 47.0 Å². The molecule has 0 saturated carbocycles. The number of carbonyl (C=O) groups excluding carboxylic acids is 1. The molecule has 1 aromatic carbocycles. The molecule has 0 bridgehead atoms. The summed E-state index contributed by atoms with van der Waals surface area (Å²) in [7, 11) is 0. The zero-order valence-electron chi connectivity index (χ0n) is 17.1. The molecule has 28 heavy (non-hydrogen) atoms. The summed E-state index contributed by atoms with van der Waals surface area (Å²) < 4.78 is 16.2. The van der Waals surface area contributed by atoms with Crippen LogP contribution in [0.5, 0.6) is 0 Å². The Hall–Kier alpha value is -1.89. The van der Waals surface area contributed by atoms with Gasteiger partial charge in [0.05, 0.1) is 11.3 Å². The van der Waals surface area contributed by atoms with Crippen molar-refractivity contribution in [3.8, 4) is 11.4 Å². The van der Waals surface area contributed by atoms with Crippen LogP contribution in [0, 0.1) is 11.7 Å². The average molecular weight is 405 g/mol. The van der Waals surface area contributed by atoms with Crippen LogP contribution in [0.3, 0.4) is 0 Å². The normalized spacial score (nSPS) is 20.0. The number of nitrogens with zero attached hydrogens (tertiary/aromatic N) is 4. The lowest BCUT2D eigenvalue weighted by Crippen LogP contribution is -2.48. The van der Waals surface area contributed by atoms with Crippen molar-refractivity contribution < 1.29 is 9.18 Å². The van der Waals surface area contributed by atoms with E-state index in [2.05, 4.69) is 37.9 Å². The van der Waals surface area contributed by atoms with Crippen molar-refractivity contribution in [3.05, 3.63) is 30.1 Å². The number of piperidine rings is 1. The third-order valence-electron chi connectivity index (χ3n) is 5.19. The van der Waals surface area contributed by atoms with Crippen LogP contribution in [0.25, 0.3) is 11.4 Å². The maximum absolute atomic E-state index is 14.3. The highest BCUT2D eigenvalue weighted by Gasteiger charge is 2.29. The first kappa shape index (κ1) is 20.8. The van der Waals surface area contributed by atoms with Crippen molar-refractivity contribution in [2.45, 2.75) is 70.7 Å². The molecular formula is C21H29FN4OS. The van der Waals surface area contributed by atoms with Gasteiger partial charge in [0.25, 0.3) is 0 Å². The number of carbonyl (C=O) groups is 1. The van der Waals surface area contributed by atoms with Gasteiger partial charge in [-0.3, -0.25) is 4.79 Å². The van der Waals surface area contributed by atoms with E-state index >= 15 is 0 Å². The lowest BCUT2D eigenvalue weighted by molar-refractivity contribution is -0.134. The molecule has 1 aliphatic rings. The Balaban J connectivity index is 1.80. The van der Waals surface area contributed by atoms with Crippen molar-refractivity contribution in [1.82, 2.24) is 19.7 Å². The first-order valence-corrected chi connectivity index (χ1v) is 11.0. The summed E-state index contributed by atoms with van der Waals surface area (Å²) in [6, 6.07) is 7.16. The summed E-state index contributed by atoms with van der Waals surface area (Å²) in [6.45, 7) is 9.11. The highest BCUT2D eigenvalue weighted by atomic mass is 32.2. The summed E-state index contributed by atoms with van der Waals surface area (Å²) in [6.07, 6.45) is 3.29. The molecule has 7 heteroatoms. The number of thioether (sulfide) groups is 1. The lowest BCUT2D eigenvalue weighted by atomic mass is 9.98. The van der Waals surface area contributed by atoms with Gasteiger partial charge >= 0.3 is 0 Å². The quantitative estimate of drug-likeness (QED) is 0.659. The smallest absolute Gasteiger partial charge is 0.233 e. The van der Waals surface area contributed by atoms with E-state index in [0.717, 1.165) is 12.8 Å². The van der Waals surface area contributed by atoms with Crippen molar-refractivity contribution in [2.24, 2.45) is 5.92 Å². The van der Waals surface area contributed by atoms with Crippen LogP contribution in [-0.4, -0.2) is 43.4 Å². The second-order valence-electron chi connectivity index (χ2n) is 8.01. The third kappa shape index (κ3) is 4.57. The first-order chi connectivity index (χ1) is 13.4. The summed E-state index contributed by atoms with van der Waals surface area (Å²) in [5, 5.41) is 9.19. The SMILES string of the molecule is CC(C)Cn1c(SCC(=O)N2[C@H](C)CCC[C@H]2C)nnc1-c1ccccc1F. The van der Waals surface area contributed by atoms with Gasteiger partial charge in [-0.05, 0) is 51.2 Å². The molecule has 0 N–H and O–H groups in total. The predicted molar refractivity (Wildman–Crippen MR) is 111 cm³/mol. The minimum Gasteiger partial charge on any atom is -0.337 e. The van der Waals surface area contributed by atoms with Crippen LogP contribution in [0.15, 0.2) is 29.4 Å². The highest BCUT2D eigenvalue weighted by molar-refractivity contribution is 7.99. The zero-order chi connectivity index (χ0) is 20.3. The Bertz CT molecular complexity index is 812. The van der Waals surface area contributed by atoms with Crippen molar-refractivity contribution in [2.75, 3.05) is 5.75 Å². The number of rotatable bonds is 6. The molecule has 0 spiro atoms. The second kappa shape index (κ2) is 9.07. The standard InChI is InChI=1S/C21H29FN4OS/c1-14(2)12-25-20(17-10-5-6-11-18(17)22)23-24-21(25)28-13-19(27)26-15(3)8-7-9-16(26)4/h5-6,10-11,14-16H,7-9,12-13H2,1-4H3/t15-,16-/m1/s1. The van der Waals surface area contributed by atoms with Crippen molar-refractivity contribution in [1.29, 1.82) is 0 Å². The van der Waals surface area contributed by atoms with Gasteiger partial charge in [-0.15, -0.1) is 10.2 Å². The van der Waals surface area contributed by atoms with Gasteiger partial charge in [-0.25, -0.2) is 4.39 Å². The molecule has 0 unspecified atom stereocenters. The molecule has 3 rings (SSSR count). The Kier molecular flexibility index (Phi) is 6.75. The molecule has 1 aliphatic heterocycles. The molecule has 1 fully saturated rings. The number of likely N-dealkylation sites (tertiary alicyclic amines) is 1. The lowest BCUT2D eigenvalue weighted by Gasteiger charge is -2.39. The molecule has 152 valence electrons. The largest absolute Gasteiger partial charge is 0.337 e. The average Bonchev–Trinajstić information content (AvgIpc) is 3.02. The Morgan fingerprint density at radius 3 is 2.54 bits per heavy atom. The number of amides is 1. The second-order valence-corrected chi connectivity index (χ2v) is 8.95. The molecule has 2 heterocycles. The first-order valence-electron chi connectivity index (χ1n) is 10.0. The van der Waals surface area contributed by atoms with Gasteiger partial charge in [0, 0.05) is 18.6 Å². The van der Waals surface area contributed by atoms with E-state index in [9.17, 15) is 9.18 Å². The molecule has 0 radical (unpaired) electrons. The Morgan fingerprint density at radius 2 is 1.89 bits per heavy atom. The fourth-order valence-electron chi connectivity index (χ4n) is 3.88. The molecule has 1 amide bonds. The van der Waals surface area contributed by atoms with Gasteiger partial charge in [-0.2, -0.15) is 0 Å². The fraction of sp³-hybridized carbons (Fsp3) is 0.571. The number of hydrogen-bond acceptors (Lipinski definition) is 4. The number of benzene rings is 1. The predicted octanol–water partition coefficient (Wildman–Crippen LogP) is 4.62. The van der Waals surface area contributed by atoms with Crippen LogP contribution < -0.4 is 0 Å². The zero-order valence-corrected chi connectivity index (χ0v) is 17.9. The van der Waals surface area contributed by atoms with Gasteiger partial charge in [-0.1, -0.05) is 37.7 Å². The Labute approximate surface area is 170 Å². The minimum atomic E-state index is -0.316. The summed E-state index contributed by atoms with van der Waals surface area (Å²) >= 11 is 1.39. The molecule has 1 aromatic heterocycles. The van der Waals surface area contributed by atoms with E-state index in [4.69, 9.17) is 0 Å². The van der Waals surface area contributed by atoms with E-state index in [1.165, 1.54) is 24.2 Å². The topological polar surface area (TPSA) is 51.0 Å². The summed E-state index contributed by atoms with van der Waals surface area (Å²) in [5.41, 5.74) is 0.437. The number of hydrogen-bond donors (Lipinski definition) is 0. The van der Waals surface area contributed by atoms with Crippen LogP contribution in [0.4, 0.5) is 4.39 Å². The molecule has 2 aromatic rings. The van der Waals surface area contributed by atoms with E-state index in [1.54, 1.807) is 18.2 Å². The van der Waals surface area contributed by atoms with Crippen molar-refractivity contribution in [3.63, 3.8) is 0 Å². The van der Waals surface area contributed by atoms with Crippen molar-refractivity contribution >= 4 is 17.7 Å². The number of halogens is 1. The van der Waals surface area contributed by atoms with E-state index in [0.29, 0.717) is 34.8 Å². The van der Waals surface area contributed by atoms with Gasteiger partial charge in [0.15, 0.2) is 11.0 Å². The summed E-state index contributed by atoms with van der Waals surface area (Å²) in [5.74, 6) is 1.00. The molecule has 0 aliphatic carbocycles. The highest BCUT2D eigenvalue weighted by Crippen LogP contribution is 2.28. The minimum absolute atomic E-state index is 0.135. The van der Waals surface area contributed by atoms with Gasteiger partial charge in [0.1, 0.15) is 5.82 Å². The molecule has 5 nitrogen and oxygen atoms in total. The monoisotopic (exact) mass is 404 g/mol. The number of aromatic nitrogens is 3.